The van der Waals surface area contributed by atoms with E-state index in [4.69, 9.17) is 0 Å². The molecule has 5 heteroatoms. The summed E-state index contributed by atoms with van der Waals surface area (Å²) in [4.78, 5) is 2.29. The topological polar surface area (TPSA) is 40.6 Å². The third-order valence-corrected chi connectivity index (χ3v) is 5.48. The van der Waals surface area contributed by atoms with E-state index in [1.807, 2.05) is 0 Å². The summed E-state index contributed by atoms with van der Waals surface area (Å²) in [6.45, 7) is 6.30. The molecule has 0 aromatic carbocycles. The highest BCUT2D eigenvalue weighted by atomic mass is 32.2. The predicted octanol–water partition coefficient (Wildman–Crippen LogP) is 0.116. The molecular formula is C9H18N2O2S. The molecule has 0 N–H and O–H groups in total. The van der Waals surface area contributed by atoms with Gasteiger partial charge in [-0.2, -0.15) is 4.31 Å². The van der Waals surface area contributed by atoms with Crippen LogP contribution in [0.2, 0.25) is 0 Å². The van der Waals surface area contributed by atoms with Crippen LogP contribution in [-0.2, 0) is 10.0 Å². The molecule has 0 atom stereocenters. The lowest BCUT2D eigenvalue weighted by Crippen LogP contribution is -2.49. The fourth-order valence-corrected chi connectivity index (χ4v) is 3.70. The molecule has 82 valence electrons. The first-order valence-electron chi connectivity index (χ1n) is 5.36. The SMILES string of the molecule is CCN1CCN(S(=O)(=O)C2CC2)CC1. The smallest absolute Gasteiger partial charge is 0.217 e. The summed E-state index contributed by atoms with van der Waals surface area (Å²) in [7, 11) is -2.91. The van der Waals surface area contributed by atoms with Gasteiger partial charge in [0.2, 0.25) is 10.0 Å². The Hall–Kier alpha value is -0.130. The Kier molecular flexibility index (Phi) is 2.81. The molecule has 14 heavy (non-hydrogen) atoms. The molecule has 1 heterocycles. The standard InChI is InChI=1S/C9H18N2O2S/c1-2-10-5-7-11(8-6-10)14(12,13)9-3-4-9/h9H,2-8H2,1H3. The minimum absolute atomic E-state index is 0.0457. The number of likely N-dealkylation sites (N-methyl/N-ethyl adjacent to an activating group) is 1. The van der Waals surface area contributed by atoms with Gasteiger partial charge in [-0.25, -0.2) is 8.42 Å². The molecule has 1 aliphatic heterocycles. The summed E-state index contributed by atoms with van der Waals surface area (Å²) >= 11 is 0. The van der Waals surface area contributed by atoms with Crippen molar-refractivity contribution in [1.29, 1.82) is 0 Å². The lowest BCUT2D eigenvalue weighted by atomic mass is 10.4. The van der Waals surface area contributed by atoms with Gasteiger partial charge in [0.25, 0.3) is 0 Å². The molecule has 0 spiro atoms. The lowest BCUT2D eigenvalue weighted by molar-refractivity contribution is 0.196. The molecule has 2 aliphatic rings. The lowest BCUT2D eigenvalue weighted by Gasteiger charge is -2.33. The van der Waals surface area contributed by atoms with Gasteiger partial charge in [0, 0.05) is 26.2 Å². The van der Waals surface area contributed by atoms with Crippen LogP contribution in [0.25, 0.3) is 0 Å². The van der Waals surface area contributed by atoms with Gasteiger partial charge >= 0.3 is 0 Å². The van der Waals surface area contributed by atoms with Crippen LogP contribution in [0.5, 0.6) is 0 Å². The van der Waals surface area contributed by atoms with Crippen LogP contribution < -0.4 is 0 Å². The Labute approximate surface area is 85.9 Å². The fourth-order valence-electron chi connectivity index (χ4n) is 1.88. The third-order valence-electron chi connectivity index (χ3n) is 3.08. The van der Waals surface area contributed by atoms with E-state index in [2.05, 4.69) is 11.8 Å². The molecule has 1 aliphatic carbocycles. The van der Waals surface area contributed by atoms with Crippen LogP contribution in [-0.4, -0.2) is 55.6 Å². The second-order valence-electron chi connectivity index (χ2n) is 4.08. The van der Waals surface area contributed by atoms with Crippen molar-refractivity contribution in [1.82, 2.24) is 9.21 Å². The van der Waals surface area contributed by atoms with Crippen molar-refractivity contribution < 1.29 is 8.42 Å². The van der Waals surface area contributed by atoms with E-state index in [1.54, 1.807) is 4.31 Å². The Bertz CT molecular complexity index is 290. The average Bonchev–Trinajstić information content (AvgIpc) is 3.01. The zero-order valence-corrected chi connectivity index (χ0v) is 9.46. The molecule has 0 aromatic heterocycles. The maximum atomic E-state index is 11.9. The minimum Gasteiger partial charge on any atom is -0.301 e. The molecule has 0 bridgehead atoms. The van der Waals surface area contributed by atoms with Gasteiger partial charge in [0.1, 0.15) is 0 Å². The van der Waals surface area contributed by atoms with Gasteiger partial charge in [-0.1, -0.05) is 6.92 Å². The largest absolute Gasteiger partial charge is 0.301 e. The molecule has 1 saturated carbocycles. The maximum absolute atomic E-state index is 11.9. The highest BCUT2D eigenvalue weighted by Gasteiger charge is 2.40. The molecule has 2 rings (SSSR count). The van der Waals surface area contributed by atoms with Crippen molar-refractivity contribution in [2.24, 2.45) is 0 Å². The van der Waals surface area contributed by atoms with Crippen LogP contribution >= 0.6 is 0 Å². The number of rotatable bonds is 3. The van der Waals surface area contributed by atoms with E-state index >= 15 is 0 Å². The summed E-state index contributed by atoms with van der Waals surface area (Å²) in [6.07, 6.45) is 1.74. The zero-order valence-electron chi connectivity index (χ0n) is 8.65. The van der Waals surface area contributed by atoms with E-state index in [-0.39, 0.29) is 5.25 Å². The summed E-state index contributed by atoms with van der Waals surface area (Å²) in [5.74, 6) is 0. The second kappa shape index (κ2) is 3.79. The summed E-state index contributed by atoms with van der Waals surface area (Å²) in [5.41, 5.74) is 0. The van der Waals surface area contributed by atoms with E-state index in [9.17, 15) is 8.42 Å². The Morgan fingerprint density at radius 1 is 1.14 bits per heavy atom. The molecular weight excluding hydrogens is 200 g/mol. The Morgan fingerprint density at radius 2 is 1.71 bits per heavy atom. The number of hydrogen-bond acceptors (Lipinski definition) is 3. The van der Waals surface area contributed by atoms with Crippen molar-refractivity contribution in [3.05, 3.63) is 0 Å². The van der Waals surface area contributed by atoms with Crippen LogP contribution in [0.3, 0.4) is 0 Å². The van der Waals surface area contributed by atoms with Gasteiger partial charge in [0.05, 0.1) is 5.25 Å². The monoisotopic (exact) mass is 218 g/mol. The van der Waals surface area contributed by atoms with Crippen LogP contribution in [0.1, 0.15) is 19.8 Å². The summed E-state index contributed by atoms with van der Waals surface area (Å²) in [6, 6.07) is 0. The fraction of sp³-hybridized carbons (Fsp3) is 1.00. The summed E-state index contributed by atoms with van der Waals surface area (Å²) < 4.78 is 25.4. The molecule has 0 unspecified atom stereocenters. The summed E-state index contributed by atoms with van der Waals surface area (Å²) in [5, 5.41) is -0.0457. The van der Waals surface area contributed by atoms with E-state index in [0.29, 0.717) is 13.1 Å². The van der Waals surface area contributed by atoms with Gasteiger partial charge in [-0.3, -0.25) is 0 Å². The Balaban J connectivity index is 1.94. The molecule has 0 radical (unpaired) electrons. The third kappa shape index (κ3) is 1.94. The molecule has 0 amide bonds. The molecule has 2 fully saturated rings. The van der Waals surface area contributed by atoms with E-state index in [1.165, 1.54) is 0 Å². The van der Waals surface area contributed by atoms with Crippen LogP contribution in [0.15, 0.2) is 0 Å². The first kappa shape index (κ1) is 10.4. The van der Waals surface area contributed by atoms with Crippen molar-refractivity contribution in [2.75, 3.05) is 32.7 Å². The van der Waals surface area contributed by atoms with Gasteiger partial charge in [-0.05, 0) is 19.4 Å². The first-order chi connectivity index (χ1) is 6.64. The minimum atomic E-state index is -2.91. The van der Waals surface area contributed by atoms with E-state index < -0.39 is 10.0 Å². The van der Waals surface area contributed by atoms with Crippen molar-refractivity contribution >= 4 is 10.0 Å². The quantitative estimate of drug-likeness (QED) is 0.675. The van der Waals surface area contributed by atoms with Gasteiger partial charge < -0.3 is 4.90 Å². The van der Waals surface area contributed by atoms with Crippen molar-refractivity contribution in [3.8, 4) is 0 Å². The number of sulfonamides is 1. The molecule has 1 saturated heterocycles. The van der Waals surface area contributed by atoms with Gasteiger partial charge in [0.15, 0.2) is 0 Å². The van der Waals surface area contributed by atoms with Crippen LogP contribution in [0, 0.1) is 0 Å². The highest BCUT2D eigenvalue weighted by Crippen LogP contribution is 2.31. The van der Waals surface area contributed by atoms with Crippen molar-refractivity contribution in [2.45, 2.75) is 25.0 Å². The predicted molar refractivity (Wildman–Crippen MR) is 55.6 cm³/mol. The number of nitrogens with zero attached hydrogens (tertiary/aromatic N) is 2. The Morgan fingerprint density at radius 3 is 2.14 bits per heavy atom. The van der Waals surface area contributed by atoms with E-state index in [0.717, 1.165) is 32.5 Å². The van der Waals surface area contributed by atoms with Crippen molar-refractivity contribution in [3.63, 3.8) is 0 Å². The molecule has 4 nitrogen and oxygen atoms in total. The zero-order chi connectivity index (χ0) is 10.2. The van der Waals surface area contributed by atoms with Gasteiger partial charge in [-0.15, -0.1) is 0 Å². The number of piperazine rings is 1. The average molecular weight is 218 g/mol. The first-order valence-corrected chi connectivity index (χ1v) is 6.86. The van der Waals surface area contributed by atoms with Crippen LogP contribution in [0.4, 0.5) is 0 Å². The molecule has 0 aromatic rings. The normalized spacial score (nSPS) is 26.6. The second-order valence-corrected chi connectivity index (χ2v) is 6.29. The highest BCUT2D eigenvalue weighted by molar-refractivity contribution is 7.90. The maximum Gasteiger partial charge on any atom is 0.217 e. The number of hydrogen-bond donors (Lipinski definition) is 0.